The van der Waals surface area contributed by atoms with Crippen molar-refractivity contribution in [2.45, 2.75) is 108 Å². The summed E-state index contributed by atoms with van der Waals surface area (Å²) in [5.74, 6) is 0.0712. The van der Waals surface area contributed by atoms with Gasteiger partial charge in [-0.05, 0) is 50.7 Å². The number of ether oxygens (including phenoxy) is 1. The van der Waals surface area contributed by atoms with Crippen molar-refractivity contribution in [1.29, 1.82) is 0 Å². The minimum Gasteiger partial charge on any atom is -0.450 e. The van der Waals surface area contributed by atoms with Crippen LogP contribution in [0.4, 0.5) is 4.79 Å². The Labute approximate surface area is 203 Å². The Balaban J connectivity index is 2.14. The van der Waals surface area contributed by atoms with Crippen molar-refractivity contribution >= 4 is 29.7 Å². The Hall–Kier alpha value is -1.48. The number of nitrogens with two attached hydrogens (primary N) is 1. The first-order valence-electron chi connectivity index (χ1n) is 12.5. The average Bonchev–Trinajstić information content (AvgIpc) is 3.15. The van der Waals surface area contributed by atoms with Crippen LogP contribution in [-0.4, -0.2) is 70.6 Å². The maximum atomic E-state index is 13.8. The fraction of sp³-hybridized carbons (Fsp3) is 0.875. The zero-order valence-electron chi connectivity index (χ0n) is 21.0. The van der Waals surface area contributed by atoms with Gasteiger partial charge < -0.3 is 26.0 Å². The molecule has 0 aromatic rings. The van der Waals surface area contributed by atoms with Crippen molar-refractivity contribution in [2.24, 2.45) is 11.7 Å². The molecule has 0 spiro atoms. The topological polar surface area (TPSA) is 114 Å². The Morgan fingerprint density at radius 3 is 2.45 bits per heavy atom. The highest BCUT2D eigenvalue weighted by molar-refractivity contribution is 8.01. The Bertz CT molecular complexity index is 667. The van der Waals surface area contributed by atoms with E-state index in [1.165, 1.54) is 19.3 Å². The zero-order valence-corrected chi connectivity index (χ0v) is 21.8. The van der Waals surface area contributed by atoms with Crippen LogP contribution in [0.15, 0.2) is 0 Å². The molecule has 2 fully saturated rings. The third-order valence-electron chi connectivity index (χ3n) is 6.39. The summed E-state index contributed by atoms with van der Waals surface area (Å²) in [5.41, 5.74) is 6.20. The Morgan fingerprint density at radius 1 is 1.18 bits per heavy atom. The highest BCUT2D eigenvalue weighted by Crippen LogP contribution is 2.34. The average molecular weight is 485 g/mol. The van der Waals surface area contributed by atoms with Gasteiger partial charge in [0.15, 0.2) is 0 Å². The monoisotopic (exact) mass is 484 g/mol. The Morgan fingerprint density at radius 2 is 1.85 bits per heavy atom. The van der Waals surface area contributed by atoms with Crippen molar-refractivity contribution in [3.63, 3.8) is 0 Å². The molecule has 0 aromatic carbocycles. The fourth-order valence-electron chi connectivity index (χ4n) is 4.84. The maximum Gasteiger partial charge on any atom is 0.407 e. The summed E-state index contributed by atoms with van der Waals surface area (Å²) >= 11 is 1.61. The molecule has 0 unspecified atom stereocenters. The van der Waals surface area contributed by atoms with Gasteiger partial charge in [0, 0.05) is 23.9 Å². The lowest BCUT2D eigenvalue weighted by Crippen LogP contribution is -2.60. The predicted molar refractivity (Wildman–Crippen MR) is 133 cm³/mol. The van der Waals surface area contributed by atoms with Gasteiger partial charge >= 0.3 is 6.09 Å². The van der Waals surface area contributed by atoms with E-state index < -0.39 is 22.9 Å². The lowest BCUT2D eigenvalue weighted by Gasteiger charge is -2.38. The molecule has 1 saturated carbocycles. The normalized spacial score (nSPS) is 22.8. The molecule has 3 amide bonds. The van der Waals surface area contributed by atoms with Gasteiger partial charge in [-0.2, -0.15) is 11.8 Å². The third kappa shape index (κ3) is 8.35. The number of nitrogens with one attached hydrogen (secondary N) is 2. The van der Waals surface area contributed by atoms with Crippen LogP contribution in [0.25, 0.3) is 0 Å². The van der Waals surface area contributed by atoms with E-state index in [2.05, 4.69) is 24.5 Å². The molecule has 2 rings (SSSR count). The van der Waals surface area contributed by atoms with Crippen LogP contribution < -0.4 is 16.4 Å². The van der Waals surface area contributed by atoms with Crippen molar-refractivity contribution in [3.05, 3.63) is 0 Å². The van der Waals surface area contributed by atoms with E-state index in [0.717, 1.165) is 12.8 Å². The van der Waals surface area contributed by atoms with Crippen LogP contribution >= 0.6 is 11.8 Å². The van der Waals surface area contributed by atoms with E-state index in [-0.39, 0.29) is 29.7 Å². The molecule has 9 heteroatoms. The quantitative estimate of drug-likeness (QED) is 0.439. The first-order valence-corrected chi connectivity index (χ1v) is 13.4. The van der Waals surface area contributed by atoms with Gasteiger partial charge in [-0.25, -0.2) is 4.79 Å². The smallest absolute Gasteiger partial charge is 0.407 e. The summed E-state index contributed by atoms with van der Waals surface area (Å²) in [6, 6.07) is -1.73. The first kappa shape index (κ1) is 27.8. The van der Waals surface area contributed by atoms with Crippen molar-refractivity contribution in [3.8, 4) is 0 Å². The number of carbonyl (C=O) groups excluding carboxylic acids is 3. The summed E-state index contributed by atoms with van der Waals surface area (Å²) in [5, 5.41) is 6.11. The number of hydrogen-bond donors (Lipinski definition) is 3. The molecule has 0 radical (unpaired) electrons. The molecule has 8 nitrogen and oxygen atoms in total. The number of nitrogens with zero attached hydrogens (tertiary/aromatic N) is 1. The van der Waals surface area contributed by atoms with Crippen LogP contribution in [0, 0.1) is 5.92 Å². The number of amides is 3. The molecule has 190 valence electrons. The lowest BCUT2D eigenvalue weighted by atomic mass is 9.89. The highest BCUT2D eigenvalue weighted by atomic mass is 32.2. The van der Waals surface area contributed by atoms with E-state index in [1.807, 2.05) is 20.8 Å². The van der Waals surface area contributed by atoms with Gasteiger partial charge in [0.1, 0.15) is 12.1 Å². The second-order valence-electron chi connectivity index (χ2n) is 10.2. The van der Waals surface area contributed by atoms with Gasteiger partial charge in [-0.3, -0.25) is 9.59 Å². The largest absolute Gasteiger partial charge is 0.450 e. The van der Waals surface area contributed by atoms with E-state index in [4.69, 9.17) is 10.5 Å². The summed E-state index contributed by atoms with van der Waals surface area (Å²) in [6.07, 6.45) is 6.47. The van der Waals surface area contributed by atoms with Gasteiger partial charge in [0.2, 0.25) is 11.8 Å². The third-order valence-corrected chi connectivity index (χ3v) is 7.70. The van der Waals surface area contributed by atoms with Crippen LogP contribution in [0.3, 0.4) is 0 Å². The number of alkyl carbamates (subject to hydrolysis) is 1. The minimum absolute atomic E-state index is 0.150. The zero-order chi connectivity index (χ0) is 24.6. The van der Waals surface area contributed by atoms with Crippen LogP contribution in [0.2, 0.25) is 0 Å². The molecular weight excluding hydrogens is 440 g/mol. The molecule has 0 aromatic heterocycles. The molecular formula is C24H44N4O4S. The second kappa shape index (κ2) is 12.8. The van der Waals surface area contributed by atoms with Gasteiger partial charge in [0.05, 0.1) is 6.61 Å². The second-order valence-corrected chi connectivity index (χ2v) is 12.5. The van der Waals surface area contributed by atoms with E-state index >= 15 is 0 Å². The molecule has 1 aliphatic heterocycles. The van der Waals surface area contributed by atoms with Gasteiger partial charge in [-0.15, -0.1) is 0 Å². The maximum absolute atomic E-state index is 13.8. The first-order chi connectivity index (χ1) is 15.5. The fourth-order valence-corrected chi connectivity index (χ4v) is 6.35. The number of hydrogen-bond acceptors (Lipinski definition) is 6. The van der Waals surface area contributed by atoms with Gasteiger partial charge in [-0.1, -0.05) is 40.0 Å². The van der Waals surface area contributed by atoms with Crippen molar-refractivity contribution in [1.82, 2.24) is 15.5 Å². The SMILES string of the molecule is CCCOC(=O)N[C@@H](C(=O)N1C[C@H](N)C[C@H]1C(=O)NCC1CCCCC1)C(C)(C)SC(C)C. The Kier molecular flexibility index (Phi) is 10.8. The van der Waals surface area contributed by atoms with E-state index in [0.29, 0.717) is 31.8 Å². The number of carbonyl (C=O) groups is 3. The molecule has 33 heavy (non-hydrogen) atoms. The number of rotatable bonds is 10. The summed E-state index contributed by atoms with van der Waals surface area (Å²) in [6.45, 7) is 11.1. The molecule has 1 aliphatic carbocycles. The van der Waals surface area contributed by atoms with E-state index in [1.54, 1.807) is 16.7 Å². The molecule has 2 aliphatic rings. The standard InChI is InChI=1S/C24H44N4O4S/c1-6-12-32-23(31)27-20(24(4,5)33-16(2)3)22(30)28-15-18(25)13-19(28)21(29)26-14-17-10-8-7-9-11-17/h16-20H,6-15,25H2,1-5H3,(H,26,29)(H,27,31)/t18-,19+,20+/m1/s1. The molecule has 3 atom stereocenters. The summed E-state index contributed by atoms with van der Waals surface area (Å²) in [4.78, 5) is 40.8. The van der Waals surface area contributed by atoms with Crippen LogP contribution in [0.5, 0.6) is 0 Å². The van der Waals surface area contributed by atoms with Crippen LogP contribution in [0.1, 0.15) is 79.6 Å². The van der Waals surface area contributed by atoms with Crippen molar-refractivity contribution in [2.75, 3.05) is 19.7 Å². The van der Waals surface area contributed by atoms with Gasteiger partial charge in [0.25, 0.3) is 0 Å². The summed E-state index contributed by atoms with van der Waals surface area (Å²) < 4.78 is 4.60. The van der Waals surface area contributed by atoms with Crippen LogP contribution in [-0.2, 0) is 14.3 Å². The number of likely N-dealkylation sites (tertiary alicyclic amines) is 1. The summed E-state index contributed by atoms with van der Waals surface area (Å²) in [7, 11) is 0. The molecule has 1 saturated heterocycles. The predicted octanol–water partition coefficient (Wildman–Crippen LogP) is 3.04. The lowest BCUT2D eigenvalue weighted by molar-refractivity contribution is -0.140. The van der Waals surface area contributed by atoms with E-state index in [9.17, 15) is 14.4 Å². The van der Waals surface area contributed by atoms with Crippen molar-refractivity contribution < 1.29 is 19.1 Å². The molecule has 0 bridgehead atoms. The minimum atomic E-state index is -0.840. The molecule has 1 heterocycles. The highest BCUT2D eigenvalue weighted by Gasteiger charge is 2.46. The number of thioether (sulfide) groups is 1. The molecule has 4 N–H and O–H groups in total.